The molecule has 230 valence electrons. The lowest BCUT2D eigenvalue weighted by Gasteiger charge is -2.36. The second kappa shape index (κ2) is 11.8. The predicted octanol–water partition coefficient (Wildman–Crippen LogP) is 3.73. The lowest BCUT2D eigenvalue weighted by atomic mass is 9.82. The molecule has 2 N–H and O–H groups in total. The van der Waals surface area contributed by atoms with Gasteiger partial charge in [0.1, 0.15) is 18.0 Å². The van der Waals surface area contributed by atoms with E-state index in [0.29, 0.717) is 24.3 Å². The molecule has 2 saturated heterocycles. The highest BCUT2D eigenvalue weighted by molar-refractivity contribution is 7.92. The molecule has 42 heavy (non-hydrogen) atoms. The summed E-state index contributed by atoms with van der Waals surface area (Å²) in [7, 11) is -3.73. The Hall–Kier alpha value is -2.63. The van der Waals surface area contributed by atoms with Crippen LogP contribution in [0.1, 0.15) is 85.3 Å². The van der Waals surface area contributed by atoms with Crippen LogP contribution in [0.2, 0.25) is 0 Å². The van der Waals surface area contributed by atoms with Crippen LogP contribution in [0.15, 0.2) is 22.5 Å². The Morgan fingerprint density at radius 1 is 1.07 bits per heavy atom. The largest absolute Gasteiger partial charge is 0.387 e. The molecule has 3 heterocycles. The zero-order valence-corrected chi connectivity index (χ0v) is 25.7. The van der Waals surface area contributed by atoms with Gasteiger partial charge in [-0.2, -0.15) is 4.31 Å². The number of rotatable bonds is 6. The molecule has 1 aliphatic carbocycles. The molecule has 1 aromatic rings. The Balaban J connectivity index is 1.22. The number of amides is 2. The van der Waals surface area contributed by atoms with Crippen molar-refractivity contribution in [1.82, 2.24) is 14.5 Å². The van der Waals surface area contributed by atoms with Crippen LogP contribution in [-0.2, 0) is 14.8 Å². The lowest BCUT2D eigenvalue weighted by Crippen LogP contribution is -2.50. The van der Waals surface area contributed by atoms with Crippen molar-refractivity contribution in [3.05, 3.63) is 39.8 Å². The number of amidine groups is 1. The first-order valence-corrected chi connectivity index (χ1v) is 16.6. The van der Waals surface area contributed by atoms with Crippen LogP contribution in [0.25, 0.3) is 6.08 Å². The van der Waals surface area contributed by atoms with E-state index in [4.69, 9.17) is 4.99 Å². The summed E-state index contributed by atoms with van der Waals surface area (Å²) in [6.45, 7) is 6.10. The van der Waals surface area contributed by atoms with Gasteiger partial charge in [0, 0.05) is 43.1 Å². The summed E-state index contributed by atoms with van der Waals surface area (Å²) >= 11 is 0. The topological polar surface area (TPSA) is 119 Å². The maximum atomic E-state index is 13.3. The molecule has 0 radical (unpaired) electrons. The molecule has 9 nitrogen and oxygen atoms in total. The number of halogens is 1. The first-order valence-electron chi connectivity index (χ1n) is 15.1. The molecule has 1 aromatic carbocycles. The van der Waals surface area contributed by atoms with Gasteiger partial charge in [-0.1, -0.05) is 19.8 Å². The highest BCUT2D eigenvalue weighted by Crippen LogP contribution is 2.36. The highest BCUT2D eigenvalue weighted by atomic mass is 32.2. The molecule has 3 aliphatic heterocycles. The van der Waals surface area contributed by atoms with Gasteiger partial charge in [0.2, 0.25) is 10.0 Å². The van der Waals surface area contributed by atoms with Gasteiger partial charge in [-0.25, -0.2) is 12.8 Å². The third-order valence-electron chi connectivity index (χ3n) is 9.79. The van der Waals surface area contributed by atoms with Gasteiger partial charge < -0.3 is 15.3 Å². The second-order valence-corrected chi connectivity index (χ2v) is 14.7. The average Bonchev–Trinajstić information content (AvgIpc) is 3.28. The lowest BCUT2D eigenvalue weighted by molar-refractivity contribution is -0.125. The van der Waals surface area contributed by atoms with E-state index in [2.05, 4.69) is 12.2 Å². The summed E-state index contributed by atoms with van der Waals surface area (Å²) in [5, 5.41) is 14.4. The molecular weight excluding hydrogens is 559 g/mol. The van der Waals surface area contributed by atoms with Gasteiger partial charge in [0.05, 0.1) is 5.60 Å². The molecule has 1 spiro atoms. The Morgan fingerprint density at radius 3 is 2.24 bits per heavy atom. The number of likely N-dealkylation sites (tertiary alicyclic amines) is 1. The molecule has 0 unspecified atom stereocenters. The van der Waals surface area contributed by atoms with Crippen LogP contribution >= 0.6 is 0 Å². The Kier molecular flexibility index (Phi) is 8.66. The van der Waals surface area contributed by atoms with E-state index in [1.54, 1.807) is 23.1 Å². The minimum Gasteiger partial charge on any atom is -0.387 e. The van der Waals surface area contributed by atoms with E-state index >= 15 is 0 Å². The van der Waals surface area contributed by atoms with Crippen LogP contribution < -0.4 is 5.32 Å². The van der Waals surface area contributed by atoms with Gasteiger partial charge in [0.25, 0.3) is 11.8 Å². The zero-order valence-electron chi connectivity index (χ0n) is 24.9. The van der Waals surface area contributed by atoms with E-state index in [-0.39, 0.29) is 56.8 Å². The normalized spacial score (nSPS) is 26.5. The molecule has 1 saturated carbocycles. The van der Waals surface area contributed by atoms with E-state index < -0.39 is 27.8 Å². The summed E-state index contributed by atoms with van der Waals surface area (Å²) in [6.07, 6.45) is 6.99. The molecule has 3 fully saturated rings. The monoisotopic (exact) mass is 602 g/mol. The minimum absolute atomic E-state index is 0.104. The van der Waals surface area contributed by atoms with Crippen molar-refractivity contribution in [3.63, 3.8) is 0 Å². The van der Waals surface area contributed by atoms with Gasteiger partial charge in [-0.15, -0.1) is 0 Å². The van der Waals surface area contributed by atoms with Crippen molar-refractivity contribution >= 4 is 33.7 Å². The molecule has 0 atom stereocenters. The number of benzene rings is 1. The Morgan fingerprint density at radius 2 is 1.67 bits per heavy atom. The zero-order chi connectivity index (χ0) is 30.3. The van der Waals surface area contributed by atoms with Crippen LogP contribution in [0.3, 0.4) is 0 Å². The van der Waals surface area contributed by atoms with Crippen LogP contribution in [0, 0.1) is 25.7 Å². The molecule has 11 heteroatoms. The SMILES string of the molecule is Cc1cc(C(=O)N2CCC(O)(CF)CC2)cc(C)c1/C=C/S(=O)(=O)N1CCC2(CC1)N=C(C1CCC(C)CC1)NC2=O. The second-order valence-electron chi connectivity index (χ2n) is 12.9. The van der Waals surface area contributed by atoms with Gasteiger partial charge in [-0.05, 0) is 93.2 Å². The van der Waals surface area contributed by atoms with Gasteiger partial charge in [0.15, 0.2) is 0 Å². The van der Waals surface area contributed by atoms with Crippen molar-refractivity contribution in [1.29, 1.82) is 0 Å². The van der Waals surface area contributed by atoms with Crippen molar-refractivity contribution in [2.45, 2.75) is 83.3 Å². The number of aliphatic hydroxyl groups is 1. The maximum absolute atomic E-state index is 13.3. The number of nitrogens with one attached hydrogen (secondary N) is 1. The third-order valence-corrected chi connectivity index (χ3v) is 11.4. The van der Waals surface area contributed by atoms with Crippen LogP contribution in [-0.4, -0.2) is 84.4 Å². The van der Waals surface area contributed by atoms with E-state index in [9.17, 15) is 27.5 Å². The van der Waals surface area contributed by atoms with E-state index in [1.165, 1.54) is 9.71 Å². The van der Waals surface area contributed by atoms with Crippen molar-refractivity contribution < 1.29 is 27.5 Å². The minimum atomic E-state index is -3.73. The molecule has 2 amide bonds. The average molecular weight is 603 g/mol. The summed E-state index contributed by atoms with van der Waals surface area (Å²) in [6, 6.07) is 3.48. The number of aryl methyl sites for hydroxylation is 2. The Bertz CT molecular complexity index is 1360. The van der Waals surface area contributed by atoms with Crippen LogP contribution in [0.4, 0.5) is 4.39 Å². The molecule has 0 aromatic heterocycles. The number of hydrogen-bond acceptors (Lipinski definition) is 6. The fourth-order valence-electron chi connectivity index (χ4n) is 6.76. The fourth-order valence-corrected chi connectivity index (χ4v) is 7.93. The number of carbonyl (C=O) groups excluding carboxylic acids is 2. The smallest absolute Gasteiger partial charge is 0.253 e. The highest BCUT2D eigenvalue weighted by Gasteiger charge is 2.48. The number of alkyl halides is 1. The summed E-state index contributed by atoms with van der Waals surface area (Å²) in [5.74, 6) is 1.48. The predicted molar refractivity (Wildman–Crippen MR) is 160 cm³/mol. The van der Waals surface area contributed by atoms with E-state index in [0.717, 1.165) is 48.2 Å². The quantitative estimate of drug-likeness (QED) is 0.515. The number of aliphatic imine (C=N–C) groups is 1. The van der Waals surface area contributed by atoms with Gasteiger partial charge in [-0.3, -0.25) is 14.6 Å². The van der Waals surface area contributed by atoms with Gasteiger partial charge >= 0.3 is 0 Å². The summed E-state index contributed by atoms with van der Waals surface area (Å²) in [4.78, 5) is 32.5. The molecule has 0 bridgehead atoms. The number of piperidine rings is 2. The number of hydrogen-bond donors (Lipinski definition) is 2. The first kappa shape index (κ1) is 30.8. The van der Waals surface area contributed by atoms with E-state index in [1.807, 2.05) is 13.8 Å². The third kappa shape index (κ3) is 6.19. The standard InChI is InChI=1S/C31H43FN4O5S/c1-21-4-6-24(7-5-21)27-33-29(38)31(34-27)11-15-36(16-12-31)42(40,41)17-8-26-22(2)18-25(19-23(26)3)28(37)35-13-9-30(39,20-32)10-14-35/h8,17-19,21,24,39H,4-7,9-16,20H2,1-3H3,(H,33,34,38)/b17-8+. The van der Waals surface area contributed by atoms with Crippen molar-refractivity contribution in [2.75, 3.05) is 32.9 Å². The fraction of sp³-hybridized carbons (Fsp3) is 0.645. The summed E-state index contributed by atoms with van der Waals surface area (Å²) < 4.78 is 41.0. The number of carbonyl (C=O) groups is 2. The molecule has 5 rings (SSSR count). The molecular formula is C31H43FN4O5S. The molecule has 4 aliphatic rings. The van der Waals surface area contributed by atoms with Crippen LogP contribution in [0.5, 0.6) is 0 Å². The maximum Gasteiger partial charge on any atom is 0.253 e. The first-order chi connectivity index (χ1) is 19.8. The summed E-state index contributed by atoms with van der Waals surface area (Å²) in [5.41, 5.74) is 0.505. The number of sulfonamides is 1. The van der Waals surface area contributed by atoms with Crippen molar-refractivity contribution in [3.8, 4) is 0 Å². The Labute approximate surface area is 248 Å². The number of nitrogens with zero attached hydrogens (tertiary/aromatic N) is 3. The van der Waals surface area contributed by atoms with Crippen molar-refractivity contribution in [2.24, 2.45) is 16.8 Å².